The molecule has 1 aromatic heterocycles. The first kappa shape index (κ1) is 13.2. The Balaban J connectivity index is 2.60. The highest BCUT2D eigenvalue weighted by Crippen LogP contribution is 2.34. The van der Waals surface area contributed by atoms with Gasteiger partial charge in [-0.3, -0.25) is 0 Å². The molecule has 4 nitrogen and oxygen atoms in total. The Morgan fingerprint density at radius 3 is 2.68 bits per heavy atom. The van der Waals surface area contributed by atoms with Crippen LogP contribution in [0.1, 0.15) is 5.56 Å². The van der Waals surface area contributed by atoms with Crippen molar-refractivity contribution in [2.75, 3.05) is 0 Å². The molecule has 0 aliphatic carbocycles. The molecule has 0 fully saturated rings. The number of benzene rings is 1. The SMILES string of the molecule is N#Cc1c(-c2ccccc2OC(F)F)cnnc1Cl. The smallest absolute Gasteiger partial charge is 0.387 e. The number of ether oxygens (including phenoxy) is 1. The molecule has 0 bridgehead atoms. The highest BCUT2D eigenvalue weighted by molar-refractivity contribution is 6.30. The first-order chi connectivity index (χ1) is 9.13. The van der Waals surface area contributed by atoms with Crippen LogP contribution in [0, 0.1) is 11.3 Å². The molecular weight excluding hydrogens is 276 g/mol. The molecule has 0 aliphatic rings. The summed E-state index contributed by atoms with van der Waals surface area (Å²) in [4.78, 5) is 0. The average Bonchev–Trinajstić information content (AvgIpc) is 2.38. The Hall–Kier alpha value is -2.26. The van der Waals surface area contributed by atoms with Gasteiger partial charge in [0.2, 0.25) is 0 Å². The monoisotopic (exact) mass is 281 g/mol. The van der Waals surface area contributed by atoms with E-state index in [2.05, 4.69) is 14.9 Å². The molecular formula is C12H6ClF2N3O. The van der Waals surface area contributed by atoms with Gasteiger partial charge in [-0.2, -0.15) is 19.1 Å². The summed E-state index contributed by atoms with van der Waals surface area (Å²) in [6.45, 7) is -2.96. The van der Waals surface area contributed by atoms with E-state index in [0.717, 1.165) is 0 Å². The molecule has 2 rings (SSSR count). The molecule has 0 spiro atoms. The second-order valence-corrected chi connectivity index (χ2v) is 3.77. The molecule has 0 aliphatic heterocycles. The van der Waals surface area contributed by atoms with Crippen molar-refractivity contribution < 1.29 is 13.5 Å². The normalized spacial score (nSPS) is 10.3. The molecule has 0 saturated heterocycles. The van der Waals surface area contributed by atoms with E-state index >= 15 is 0 Å². The van der Waals surface area contributed by atoms with Crippen molar-refractivity contribution in [3.05, 3.63) is 41.2 Å². The third kappa shape index (κ3) is 2.77. The van der Waals surface area contributed by atoms with Crippen molar-refractivity contribution >= 4 is 11.6 Å². The first-order valence-corrected chi connectivity index (χ1v) is 5.46. The van der Waals surface area contributed by atoms with E-state index in [4.69, 9.17) is 16.9 Å². The summed E-state index contributed by atoms with van der Waals surface area (Å²) in [6, 6.07) is 7.94. The van der Waals surface area contributed by atoms with Crippen LogP contribution in [0.5, 0.6) is 5.75 Å². The topological polar surface area (TPSA) is 58.8 Å². The van der Waals surface area contributed by atoms with Crippen LogP contribution < -0.4 is 4.74 Å². The fourth-order valence-corrected chi connectivity index (χ4v) is 1.75. The Morgan fingerprint density at radius 2 is 2.00 bits per heavy atom. The number of rotatable bonds is 3. The van der Waals surface area contributed by atoms with Crippen LogP contribution >= 0.6 is 11.6 Å². The minimum Gasteiger partial charge on any atom is -0.434 e. The summed E-state index contributed by atoms with van der Waals surface area (Å²) < 4.78 is 29.1. The molecule has 0 atom stereocenters. The van der Waals surface area contributed by atoms with E-state index < -0.39 is 6.61 Å². The first-order valence-electron chi connectivity index (χ1n) is 5.09. The zero-order valence-corrected chi connectivity index (χ0v) is 10.1. The number of nitriles is 1. The van der Waals surface area contributed by atoms with Crippen molar-refractivity contribution in [1.29, 1.82) is 5.26 Å². The van der Waals surface area contributed by atoms with E-state index in [9.17, 15) is 8.78 Å². The van der Waals surface area contributed by atoms with E-state index in [-0.39, 0.29) is 16.5 Å². The summed E-state index contributed by atoms with van der Waals surface area (Å²) >= 11 is 5.75. The van der Waals surface area contributed by atoms with Gasteiger partial charge < -0.3 is 4.74 Å². The van der Waals surface area contributed by atoms with Crippen molar-refractivity contribution in [3.8, 4) is 22.9 Å². The van der Waals surface area contributed by atoms with E-state index in [1.165, 1.54) is 18.3 Å². The Morgan fingerprint density at radius 1 is 1.26 bits per heavy atom. The minimum absolute atomic E-state index is 0.0573. The molecule has 96 valence electrons. The van der Waals surface area contributed by atoms with Crippen LogP contribution in [0.25, 0.3) is 11.1 Å². The van der Waals surface area contributed by atoms with Gasteiger partial charge in [0.05, 0.1) is 6.20 Å². The second kappa shape index (κ2) is 5.59. The maximum absolute atomic E-state index is 12.3. The highest BCUT2D eigenvalue weighted by Gasteiger charge is 2.16. The van der Waals surface area contributed by atoms with Gasteiger partial charge in [0, 0.05) is 11.1 Å². The summed E-state index contributed by atoms with van der Waals surface area (Å²) in [6.07, 6.45) is 1.28. The van der Waals surface area contributed by atoms with Gasteiger partial charge in [0.15, 0.2) is 5.15 Å². The van der Waals surface area contributed by atoms with Crippen LogP contribution in [-0.4, -0.2) is 16.8 Å². The maximum Gasteiger partial charge on any atom is 0.387 e. The number of hydrogen-bond donors (Lipinski definition) is 0. The van der Waals surface area contributed by atoms with Gasteiger partial charge in [0.25, 0.3) is 0 Å². The lowest BCUT2D eigenvalue weighted by Gasteiger charge is -2.11. The summed E-state index contributed by atoms with van der Waals surface area (Å²) in [7, 11) is 0. The number of aromatic nitrogens is 2. The van der Waals surface area contributed by atoms with Crippen molar-refractivity contribution in [1.82, 2.24) is 10.2 Å². The molecule has 0 N–H and O–H groups in total. The summed E-state index contributed by atoms with van der Waals surface area (Å²) in [5.74, 6) is -0.0573. The number of nitrogens with zero attached hydrogens (tertiary/aromatic N) is 3. The van der Waals surface area contributed by atoms with E-state index in [1.807, 2.05) is 6.07 Å². The predicted octanol–water partition coefficient (Wildman–Crippen LogP) is 3.27. The van der Waals surface area contributed by atoms with Gasteiger partial charge in [-0.25, -0.2) is 0 Å². The van der Waals surface area contributed by atoms with Crippen LogP contribution in [0.3, 0.4) is 0 Å². The summed E-state index contributed by atoms with van der Waals surface area (Å²) in [5, 5.41) is 16.1. The standard InChI is InChI=1S/C12H6ClF2N3O/c13-11-8(5-16)9(6-17-18-11)7-3-1-2-4-10(7)19-12(14)15/h1-4,6,12H. The zero-order chi connectivity index (χ0) is 13.8. The quantitative estimate of drug-likeness (QED) is 0.866. The molecule has 19 heavy (non-hydrogen) atoms. The number of hydrogen-bond acceptors (Lipinski definition) is 4. The number of para-hydroxylation sites is 1. The number of alkyl halides is 2. The van der Waals surface area contributed by atoms with Crippen molar-refractivity contribution in [2.45, 2.75) is 6.61 Å². The van der Waals surface area contributed by atoms with Gasteiger partial charge in [-0.05, 0) is 6.07 Å². The Labute approximate surface area is 112 Å². The van der Waals surface area contributed by atoms with Crippen LogP contribution in [0.15, 0.2) is 30.5 Å². The molecule has 2 aromatic rings. The average molecular weight is 282 g/mol. The fraction of sp³-hybridized carbons (Fsp3) is 0.0833. The van der Waals surface area contributed by atoms with Crippen molar-refractivity contribution in [3.63, 3.8) is 0 Å². The third-order valence-corrected chi connectivity index (χ3v) is 2.58. The fourth-order valence-electron chi connectivity index (χ4n) is 1.56. The molecule has 0 amide bonds. The molecule has 0 radical (unpaired) electrons. The minimum atomic E-state index is -2.96. The van der Waals surface area contributed by atoms with Gasteiger partial charge in [0.1, 0.15) is 17.4 Å². The predicted molar refractivity (Wildman–Crippen MR) is 63.8 cm³/mol. The lowest BCUT2D eigenvalue weighted by Crippen LogP contribution is -2.03. The Kier molecular flexibility index (Phi) is 3.88. The zero-order valence-electron chi connectivity index (χ0n) is 9.35. The van der Waals surface area contributed by atoms with Crippen LogP contribution in [0.4, 0.5) is 8.78 Å². The van der Waals surface area contributed by atoms with Crippen LogP contribution in [0.2, 0.25) is 5.15 Å². The Bertz CT molecular complexity index is 643. The van der Waals surface area contributed by atoms with E-state index in [1.54, 1.807) is 12.1 Å². The largest absolute Gasteiger partial charge is 0.434 e. The van der Waals surface area contributed by atoms with Crippen molar-refractivity contribution in [2.24, 2.45) is 0 Å². The van der Waals surface area contributed by atoms with Gasteiger partial charge >= 0.3 is 6.61 Å². The highest BCUT2D eigenvalue weighted by atomic mass is 35.5. The third-order valence-electron chi connectivity index (χ3n) is 2.31. The molecule has 0 saturated carbocycles. The summed E-state index contributed by atoms with van der Waals surface area (Å²) in [5.41, 5.74) is 0.650. The lowest BCUT2D eigenvalue weighted by molar-refractivity contribution is -0.0494. The molecule has 7 heteroatoms. The molecule has 1 aromatic carbocycles. The second-order valence-electron chi connectivity index (χ2n) is 3.41. The molecule has 1 heterocycles. The maximum atomic E-state index is 12.3. The van der Waals surface area contributed by atoms with Gasteiger partial charge in [-0.15, -0.1) is 5.10 Å². The number of halogens is 3. The van der Waals surface area contributed by atoms with Crippen LogP contribution in [-0.2, 0) is 0 Å². The molecule has 0 unspecified atom stereocenters. The van der Waals surface area contributed by atoms with E-state index in [0.29, 0.717) is 11.1 Å². The lowest BCUT2D eigenvalue weighted by atomic mass is 10.0. The van der Waals surface area contributed by atoms with Gasteiger partial charge in [-0.1, -0.05) is 29.8 Å².